The highest BCUT2D eigenvalue weighted by Gasteiger charge is 2.04. The smallest absolute Gasteiger partial charge is 0.239 e. The van der Waals surface area contributed by atoms with E-state index >= 15 is 0 Å². The normalized spacial score (nSPS) is 10.2. The highest BCUT2D eigenvalue weighted by Crippen LogP contribution is 2.20. The van der Waals surface area contributed by atoms with Gasteiger partial charge in [0.1, 0.15) is 11.6 Å². The Hall–Kier alpha value is -2.37. The second-order valence-electron chi connectivity index (χ2n) is 3.97. The average molecular weight is 259 g/mol. The topological polar surface area (TPSA) is 86.0 Å². The molecule has 0 aromatic carbocycles. The highest BCUT2D eigenvalue weighted by molar-refractivity contribution is 5.53. The first kappa shape index (κ1) is 13.1. The maximum atomic E-state index is 5.77. The first-order valence-electron chi connectivity index (χ1n) is 6.10. The number of nitrogens with zero attached hydrogens (tertiary/aromatic N) is 3. The van der Waals surface area contributed by atoms with Crippen molar-refractivity contribution in [3.05, 3.63) is 35.9 Å². The third kappa shape index (κ3) is 3.54. The Kier molecular flexibility index (Phi) is 4.12. The zero-order chi connectivity index (χ0) is 13.7. The molecule has 0 atom stereocenters. The standard InChI is InChI=1S/C13H17N5O/c1-3-19-13-11(14)4-5-12(18-13)16-8-10-6-7-15-9(2)17-10/h4-7H,3,8,14H2,1-2H3,(H,16,18). The van der Waals surface area contributed by atoms with Gasteiger partial charge >= 0.3 is 0 Å². The van der Waals surface area contributed by atoms with Crippen LogP contribution in [0.2, 0.25) is 0 Å². The zero-order valence-corrected chi connectivity index (χ0v) is 11.1. The number of hydrogen-bond donors (Lipinski definition) is 2. The van der Waals surface area contributed by atoms with E-state index in [0.717, 1.165) is 11.5 Å². The molecule has 0 unspecified atom stereocenters. The summed E-state index contributed by atoms with van der Waals surface area (Å²) in [4.78, 5) is 12.7. The predicted molar refractivity (Wildman–Crippen MR) is 73.9 cm³/mol. The largest absolute Gasteiger partial charge is 0.476 e. The molecule has 0 aliphatic rings. The lowest BCUT2D eigenvalue weighted by Crippen LogP contribution is -2.06. The number of anilines is 2. The molecule has 0 bridgehead atoms. The van der Waals surface area contributed by atoms with E-state index in [9.17, 15) is 0 Å². The number of nitrogens with one attached hydrogen (secondary N) is 1. The summed E-state index contributed by atoms with van der Waals surface area (Å²) in [6, 6.07) is 5.44. The van der Waals surface area contributed by atoms with Crippen LogP contribution in [0.5, 0.6) is 5.88 Å². The molecule has 100 valence electrons. The van der Waals surface area contributed by atoms with Gasteiger partial charge in [0, 0.05) is 6.20 Å². The lowest BCUT2D eigenvalue weighted by Gasteiger charge is -2.09. The molecular formula is C13H17N5O. The lowest BCUT2D eigenvalue weighted by molar-refractivity contribution is 0.329. The summed E-state index contributed by atoms with van der Waals surface area (Å²) >= 11 is 0. The molecule has 0 saturated heterocycles. The quantitative estimate of drug-likeness (QED) is 0.851. The third-order valence-corrected chi connectivity index (χ3v) is 2.46. The molecule has 19 heavy (non-hydrogen) atoms. The molecule has 2 rings (SSSR count). The molecule has 0 amide bonds. The van der Waals surface area contributed by atoms with Gasteiger partial charge in [0.2, 0.25) is 5.88 Å². The van der Waals surface area contributed by atoms with Crippen LogP contribution in [0.3, 0.4) is 0 Å². The Labute approximate surface area is 112 Å². The van der Waals surface area contributed by atoms with Gasteiger partial charge in [-0.05, 0) is 32.0 Å². The van der Waals surface area contributed by atoms with Gasteiger partial charge in [-0.2, -0.15) is 4.98 Å². The van der Waals surface area contributed by atoms with Crippen molar-refractivity contribution in [2.75, 3.05) is 17.7 Å². The third-order valence-electron chi connectivity index (χ3n) is 2.46. The van der Waals surface area contributed by atoms with Gasteiger partial charge in [-0.1, -0.05) is 0 Å². The van der Waals surface area contributed by atoms with Crippen LogP contribution in [0.1, 0.15) is 18.4 Å². The molecule has 0 aliphatic carbocycles. The van der Waals surface area contributed by atoms with Crippen molar-refractivity contribution in [3.8, 4) is 5.88 Å². The molecular weight excluding hydrogens is 242 g/mol. The monoisotopic (exact) mass is 259 g/mol. The minimum atomic E-state index is 0.450. The van der Waals surface area contributed by atoms with E-state index in [1.165, 1.54) is 0 Å². The van der Waals surface area contributed by atoms with Crippen molar-refractivity contribution in [1.29, 1.82) is 0 Å². The van der Waals surface area contributed by atoms with E-state index in [-0.39, 0.29) is 0 Å². The van der Waals surface area contributed by atoms with Crippen LogP contribution in [-0.4, -0.2) is 21.6 Å². The average Bonchev–Trinajstić information content (AvgIpc) is 2.40. The van der Waals surface area contributed by atoms with Crippen LogP contribution in [0.4, 0.5) is 11.5 Å². The number of nitrogens with two attached hydrogens (primary N) is 1. The molecule has 3 N–H and O–H groups in total. The second kappa shape index (κ2) is 5.99. The highest BCUT2D eigenvalue weighted by atomic mass is 16.5. The number of hydrogen-bond acceptors (Lipinski definition) is 6. The maximum absolute atomic E-state index is 5.77. The van der Waals surface area contributed by atoms with Crippen LogP contribution >= 0.6 is 0 Å². The van der Waals surface area contributed by atoms with Crippen molar-refractivity contribution in [2.24, 2.45) is 0 Å². The van der Waals surface area contributed by atoms with Gasteiger partial charge in [-0.15, -0.1) is 0 Å². The summed E-state index contributed by atoms with van der Waals surface area (Å²) in [7, 11) is 0. The Morgan fingerprint density at radius 2 is 2.11 bits per heavy atom. The Balaban J connectivity index is 2.05. The van der Waals surface area contributed by atoms with Crippen LogP contribution in [-0.2, 0) is 6.54 Å². The van der Waals surface area contributed by atoms with Crippen molar-refractivity contribution < 1.29 is 4.74 Å². The predicted octanol–water partition coefficient (Wildman–Crippen LogP) is 1.77. The molecule has 0 radical (unpaired) electrons. The first-order chi connectivity index (χ1) is 9.19. The zero-order valence-electron chi connectivity index (χ0n) is 11.1. The second-order valence-corrected chi connectivity index (χ2v) is 3.97. The fourth-order valence-corrected chi connectivity index (χ4v) is 1.59. The number of pyridine rings is 1. The Morgan fingerprint density at radius 3 is 2.84 bits per heavy atom. The van der Waals surface area contributed by atoms with E-state index in [4.69, 9.17) is 10.5 Å². The van der Waals surface area contributed by atoms with E-state index in [0.29, 0.717) is 30.5 Å². The molecule has 2 heterocycles. The van der Waals surface area contributed by atoms with Crippen LogP contribution in [0.25, 0.3) is 0 Å². The number of aromatic nitrogens is 3. The first-order valence-corrected chi connectivity index (χ1v) is 6.10. The van der Waals surface area contributed by atoms with Crippen molar-refractivity contribution >= 4 is 11.5 Å². The van der Waals surface area contributed by atoms with Gasteiger partial charge < -0.3 is 15.8 Å². The van der Waals surface area contributed by atoms with E-state index in [1.807, 2.05) is 26.0 Å². The molecule has 0 saturated carbocycles. The lowest BCUT2D eigenvalue weighted by atomic mass is 10.3. The number of aryl methyl sites for hydroxylation is 1. The molecule has 6 nitrogen and oxygen atoms in total. The Bertz CT molecular complexity index is 558. The number of rotatable bonds is 5. The van der Waals surface area contributed by atoms with Gasteiger partial charge in [-0.3, -0.25) is 0 Å². The molecule has 0 spiro atoms. The minimum Gasteiger partial charge on any atom is -0.476 e. The summed E-state index contributed by atoms with van der Waals surface area (Å²) < 4.78 is 5.35. The van der Waals surface area contributed by atoms with Gasteiger partial charge in [0.15, 0.2) is 0 Å². The SMILES string of the molecule is CCOc1nc(NCc2ccnc(C)n2)ccc1N. The summed E-state index contributed by atoms with van der Waals surface area (Å²) in [5, 5.41) is 3.18. The van der Waals surface area contributed by atoms with Crippen LogP contribution in [0.15, 0.2) is 24.4 Å². The van der Waals surface area contributed by atoms with E-state index in [2.05, 4.69) is 20.3 Å². The number of nitrogen functional groups attached to an aromatic ring is 1. The minimum absolute atomic E-state index is 0.450. The van der Waals surface area contributed by atoms with Crippen molar-refractivity contribution in [1.82, 2.24) is 15.0 Å². The van der Waals surface area contributed by atoms with E-state index in [1.54, 1.807) is 12.3 Å². The van der Waals surface area contributed by atoms with E-state index < -0.39 is 0 Å². The fraction of sp³-hybridized carbons (Fsp3) is 0.308. The number of ether oxygens (including phenoxy) is 1. The maximum Gasteiger partial charge on any atom is 0.239 e. The van der Waals surface area contributed by atoms with Gasteiger partial charge in [-0.25, -0.2) is 9.97 Å². The van der Waals surface area contributed by atoms with Gasteiger partial charge in [0.25, 0.3) is 0 Å². The summed E-state index contributed by atoms with van der Waals surface area (Å²) in [5.74, 6) is 1.90. The molecule has 0 fully saturated rings. The molecule has 6 heteroatoms. The fourth-order valence-electron chi connectivity index (χ4n) is 1.59. The molecule has 2 aromatic heterocycles. The molecule has 0 aliphatic heterocycles. The summed E-state index contributed by atoms with van der Waals surface area (Å²) in [6.45, 7) is 4.86. The van der Waals surface area contributed by atoms with Crippen LogP contribution in [0, 0.1) is 6.92 Å². The van der Waals surface area contributed by atoms with Crippen LogP contribution < -0.4 is 15.8 Å². The Morgan fingerprint density at radius 1 is 1.26 bits per heavy atom. The van der Waals surface area contributed by atoms with Crippen molar-refractivity contribution in [3.63, 3.8) is 0 Å². The summed E-state index contributed by atoms with van der Waals surface area (Å²) in [6.07, 6.45) is 1.74. The van der Waals surface area contributed by atoms with Gasteiger partial charge in [0.05, 0.1) is 24.5 Å². The molecule has 2 aromatic rings. The van der Waals surface area contributed by atoms with Crippen molar-refractivity contribution in [2.45, 2.75) is 20.4 Å². The summed E-state index contributed by atoms with van der Waals surface area (Å²) in [5.41, 5.74) is 7.21.